The molecule has 0 aliphatic rings. The van der Waals surface area contributed by atoms with Crippen molar-refractivity contribution in [2.24, 2.45) is 0 Å². The number of esters is 1. The number of aliphatic hydroxyl groups is 1. The van der Waals surface area contributed by atoms with Crippen molar-refractivity contribution in [3.8, 4) is 0 Å². The molecular weight excluding hydrogens is 226 g/mol. The van der Waals surface area contributed by atoms with Gasteiger partial charge in [-0.2, -0.15) is 0 Å². The molecule has 0 spiro atoms. The van der Waals surface area contributed by atoms with Gasteiger partial charge in [-0.1, -0.05) is 12.1 Å². The zero-order valence-corrected chi connectivity index (χ0v) is 9.07. The van der Waals surface area contributed by atoms with Gasteiger partial charge in [-0.05, 0) is 18.2 Å². The second-order valence-corrected chi connectivity index (χ2v) is 3.14. The average Bonchev–Trinajstić information content (AvgIpc) is 2.35. The number of hydrogen-bond acceptors (Lipinski definition) is 5. The first-order valence-corrected chi connectivity index (χ1v) is 4.73. The van der Waals surface area contributed by atoms with Crippen molar-refractivity contribution in [1.82, 2.24) is 0 Å². The fourth-order valence-corrected chi connectivity index (χ4v) is 1.19. The van der Waals surface area contributed by atoms with Crippen molar-refractivity contribution in [2.75, 3.05) is 7.11 Å². The summed E-state index contributed by atoms with van der Waals surface area (Å²) in [4.78, 5) is 21.0. The van der Waals surface area contributed by atoms with E-state index in [4.69, 9.17) is 0 Å². The highest BCUT2D eigenvalue weighted by Gasteiger charge is 2.13. The van der Waals surface area contributed by atoms with E-state index in [1.54, 1.807) is 6.07 Å². The molecular formula is C11H11NO5. The number of methoxy groups -OCH3 is 1. The van der Waals surface area contributed by atoms with E-state index >= 15 is 0 Å². The molecule has 0 unspecified atom stereocenters. The summed E-state index contributed by atoms with van der Waals surface area (Å²) in [6.07, 6.45) is 1.01. The highest BCUT2D eigenvalue weighted by atomic mass is 16.6. The number of aliphatic hydroxyl groups excluding tert-OH is 1. The van der Waals surface area contributed by atoms with Gasteiger partial charge in [0.05, 0.1) is 17.6 Å². The van der Waals surface area contributed by atoms with Crippen LogP contribution in [0, 0.1) is 10.1 Å². The Bertz CT molecular complexity index is 455. The number of hydrogen-bond donors (Lipinski definition) is 1. The van der Waals surface area contributed by atoms with Crippen molar-refractivity contribution >= 4 is 17.7 Å². The Morgan fingerprint density at radius 3 is 2.76 bits per heavy atom. The van der Waals surface area contributed by atoms with Crippen molar-refractivity contribution in [1.29, 1.82) is 0 Å². The zero-order valence-electron chi connectivity index (χ0n) is 9.07. The maximum atomic E-state index is 10.9. The van der Waals surface area contributed by atoms with Crippen molar-refractivity contribution in [3.05, 3.63) is 46.0 Å². The van der Waals surface area contributed by atoms with Gasteiger partial charge in [-0.15, -0.1) is 0 Å². The smallest absolute Gasteiger partial charge is 0.338 e. The predicted molar refractivity (Wildman–Crippen MR) is 60.2 cm³/mol. The van der Waals surface area contributed by atoms with E-state index in [1.807, 2.05) is 0 Å². The molecule has 0 fully saturated rings. The third kappa shape index (κ3) is 3.39. The van der Waals surface area contributed by atoms with Crippen LogP contribution in [-0.4, -0.2) is 29.2 Å². The summed E-state index contributed by atoms with van der Waals surface area (Å²) >= 11 is 0. The second kappa shape index (κ2) is 5.76. The molecule has 1 aromatic rings. The molecule has 0 saturated carbocycles. The summed E-state index contributed by atoms with van der Waals surface area (Å²) in [6, 6.07) is 6.01. The summed E-state index contributed by atoms with van der Waals surface area (Å²) in [5.74, 6) is -0.820. The number of para-hydroxylation sites is 1. The summed E-state index contributed by atoms with van der Waals surface area (Å²) in [7, 11) is 1.14. The van der Waals surface area contributed by atoms with Crippen molar-refractivity contribution in [2.45, 2.75) is 6.10 Å². The van der Waals surface area contributed by atoms with E-state index in [9.17, 15) is 20.0 Å². The summed E-state index contributed by atoms with van der Waals surface area (Å²) in [5, 5.41) is 20.0. The number of nitrogens with zero attached hydrogens (tertiary/aromatic N) is 1. The SMILES string of the molecule is COC(=O)[C@@H](O)/C=C/c1ccccc1[N+](=O)[O-]. The largest absolute Gasteiger partial charge is 0.467 e. The quantitative estimate of drug-likeness (QED) is 0.481. The van der Waals surface area contributed by atoms with Gasteiger partial charge < -0.3 is 9.84 Å². The van der Waals surface area contributed by atoms with Gasteiger partial charge in [0, 0.05) is 6.07 Å². The van der Waals surface area contributed by atoms with E-state index in [0.29, 0.717) is 5.56 Å². The van der Waals surface area contributed by atoms with Gasteiger partial charge in [0.25, 0.3) is 5.69 Å². The van der Waals surface area contributed by atoms with Gasteiger partial charge >= 0.3 is 5.97 Å². The van der Waals surface area contributed by atoms with Gasteiger partial charge in [-0.25, -0.2) is 4.79 Å². The molecule has 1 N–H and O–H groups in total. The lowest BCUT2D eigenvalue weighted by molar-refractivity contribution is -0.385. The zero-order chi connectivity index (χ0) is 12.8. The van der Waals surface area contributed by atoms with E-state index in [1.165, 1.54) is 24.3 Å². The van der Waals surface area contributed by atoms with Crippen LogP contribution in [0.25, 0.3) is 6.08 Å². The van der Waals surface area contributed by atoms with E-state index < -0.39 is 17.0 Å². The number of carbonyl (C=O) groups excluding carboxylic acids is 1. The van der Waals surface area contributed by atoms with Gasteiger partial charge in [0.2, 0.25) is 0 Å². The Kier molecular flexibility index (Phi) is 4.36. The monoisotopic (exact) mass is 237 g/mol. The van der Waals surface area contributed by atoms with Gasteiger partial charge in [0.15, 0.2) is 6.10 Å². The molecule has 90 valence electrons. The minimum Gasteiger partial charge on any atom is -0.467 e. The molecule has 0 aliphatic heterocycles. The first-order chi connectivity index (χ1) is 8.06. The van der Waals surface area contributed by atoms with Crippen molar-refractivity contribution < 1.29 is 19.6 Å². The van der Waals surface area contributed by atoms with Crippen LogP contribution in [-0.2, 0) is 9.53 Å². The van der Waals surface area contributed by atoms with E-state index in [2.05, 4.69) is 4.74 Å². The molecule has 6 heteroatoms. The van der Waals surface area contributed by atoms with Gasteiger partial charge in [-0.3, -0.25) is 10.1 Å². The third-order valence-electron chi connectivity index (χ3n) is 2.03. The van der Waals surface area contributed by atoms with E-state index in [-0.39, 0.29) is 5.69 Å². The minimum absolute atomic E-state index is 0.0965. The minimum atomic E-state index is -1.43. The normalized spacial score (nSPS) is 12.4. The molecule has 6 nitrogen and oxygen atoms in total. The fraction of sp³-hybridized carbons (Fsp3) is 0.182. The van der Waals surface area contributed by atoms with Crippen molar-refractivity contribution in [3.63, 3.8) is 0 Å². The molecule has 1 aromatic carbocycles. The Morgan fingerprint density at radius 1 is 1.53 bits per heavy atom. The number of carbonyl (C=O) groups is 1. The van der Waals surface area contributed by atoms with Crippen LogP contribution in [0.2, 0.25) is 0 Å². The lowest BCUT2D eigenvalue weighted by Gasteiger charge is -2.02. The topological polar surface area (TPSA) is 89.7 Å². The van der Waals surface area contributed by atoms with Crippen LogP contribution >= 0.6 is 0 Å². The van der Waals surface area contributed by atoms with Crippen LogP contribution in [0.5, 0.6) is 0 Å². The van der Waals surface area contributed by atoms with Crippen LogP contribution in [0.15, 0.2) is 30.3 Å². The first-order valence-electron chi connectivity index (χ1n) is 4.73. The number of rotatable bonds is 4. The summed E-state index contributed by atoms with van der Waals surface area (Å²) < 4.78 is 4.30. The second-order valence-electron chi connectivity index (χ2n) is 3.14. The maximum Gasteiger partial charge on any atom is 0.338 e. The third-order valence-corrected chi connectivity index (χ3v) is 2.03. The highest BCUT2D eigenvalue weighted by molar-refractivity contribution is 5.78. The highest BCUT2D eigenvalue weighted by Crippen LogP contribution is 2.19. The summed E-state index contributed by atoms with van der Waals surface area (Å²) in [5.41, 5.74) is 0.210. The molecule has 0 aromatic heterocycles. The van der Waals surface area contributed by atoms with E-state index in [0.717, 1.165) is 13.2 Å². The van der Waals surface area contributed by atoms with Crippen LogP contribution in [0.1, 0.15) is 5.56 Å². The summed E-state index contributed by atoms with van der Waals surface area (Å²) in [6.45, 7) is 0. The molecule has 0 amide bonds. The van der Waals surface area contributed by atoms with Crippen LogP contribution in [0.4, 0.5) is 5.69 Å². The van der Waals surface area contributed by atoms with Gasteiger partial charge in [0.1, 0.15) is 0 Å². The lowest BCUT2D eigenvalue weighted by Crippen LogP contribution is -2.18. The Balaban J connectivity index is 2.91. The standard InChI is InChI=1S/C11H11NO5/c1-17-11(14)10(13)7-6-8-4-2-3-5-9(8)12(15)16/h2-7,10,13H,1H3/b7-6+/t10-/m0/s1. The number of nitro benzene ring substituents is 1. The molecule has 0 radical (unpaired) electrons. The predicted octanol–water partition coefficient (Wildman–Crippen LogP) is 1.14. The molecule has 1 rings (SSSR count). The molecule has 0 aliphatic carbocycles. The number of ether oxygens (including phenoxy) is 1. The molecule has 1 atom stereocenters. The Labute approximate surface area is 97.3 Å². The number of nitro groups is 1. The molecule has 17 heavy (non-hydrogen) atoms. The Morgan fingerprint density at radius 2 is 2.18 bits per heavy atom. The number of benzene rings is 1. The first kappa shape index (κ1) is 12.9. The van der Waals surface area contributed by atoms with Crippen LogP contribution < -0.4 is 0 Å². The fourth-order valence-electron chi connectivity index (χ4n) is 1.19. The Hall–Kier alpha value is -2.21. The van der Waals surface area contributed by atoms with Crippen LogP contribution in [0.3, 0.4) is 0 Å². The average molecular weight is 237 g/mol. The molecule has 0 saturated heterocycles. The molecule has 0 heterocycles. The lowest BCUT2D eigenvalue weighted by atomic mass is 10.1. The molecule has 0 bridgehead atoms. The maximum absolute atomic E-state index is 10.9.